The lowest BCUT2D eigenvalue weighted by Crippen LogP contribution is -2.56. The van der Waals surface area contributed by atoms with Crippen molar-refractivity contribution in [2.75, 3.05) is 26.7 Å². The Morgan fingerprint density at radius 1 is 1.38 bits per heavy atom. The van der Waals surface area contributed by atoms with Crippen molar-refractivity contribution in [3.05, 3.63) is 0 Å². The van der Waals surface area contributed by atoms with Crippen molar-refractivity contribution in [2.45, 2.75) is 38.2 Å². The van der Waals surface area contributed by atoms with E-state index in [1.165, 1.54) is 0 Å². The molecule has 2 atom stereocenters. The molecule has 6 heteroatoms. The molecule has 2 unspecified atom stereocenters. The molecular formula is C10H21B3N2O. The predicted molar refractivity (Wildman–Crippen MR) is 71.2 cm³/mol. The van der Waals surface area contributed by atoms with Gasteiger partial charge in [-0.1, -0.05) is 13.8 Å². The molecule has 16 heavy (non-hydrogen) atoms. The van der Waals surface area contributed by atoms with Crippen LogP contribution in [0.5, 0.6) is 0 Å². The van der Waals surface area contributed by atoms with E-state index < -0.39 is 5.30 Å². The van der Waals surface area contributed by atoms with Crippen LogP contribution < -0.4 is 5.32 Å². The number of nitrogens with one attached hydrogen (secondary N) is 1. The molecule has 3 nitrogen and oxygen atoms in total. The first kappa shape index (κ1) is 16.1. The molecule has 1 saturated heterocycles. The van der Waals surface area contributed by atoms with Gasteiger partial charge < -0.3 is 15.0 Å². The van der Waals surface area contributed by atoms with Crippen LogP contribution in [0.2, 0.25) is 0 Å². The fraction of sp³-hybridized carbons (Fsp3) is 1.00. The maximum atomic E-state index is 5.37. The Balaban J connectivity index is 0.00000106. The molecule has 6 radical (unpaired) electrons. The zero-order chi connectivity index (χ0) is 12.8. The minimum Gasteiger partial charge on any atom is -0.398 e. The fourth-order valence-corrected chi connectivity index (χ4v) is 1.65. The van der Waals surface area contributed by atoms with Gasteiger partial charge in [0.2, 0.25) is 0 Å². The minimum absolute atomic E-state index is 0.0993. The van der Waals surface area contributed by atoms with Crippen LogP contribution in [0.15, 0.2) is 0 Å². The summed E-state index contributed by atoms with van der Waals surface area (Å²) < 4.78 is 5.27. The second-order valence-electron chi connectivity index (χ2n) is 4.00. The molecular weight excluding hydrogens is 197 g/mol. The van der Waals surface area contributed by atoms with E-state index in [1.807, 2.05) is 20.8 Å². The summed E-state index contributed by atoms with van der Waals surface area (Å²) in [7, 11) is 18.2. The number of likely N-dealkylation sites (N-methyl/N-ethyl adjacent to an activating group) is 1. The van der Waals surface area contributed by atoms with Crippen molar-refractivity contribution in [2.24, 2.45) is 0 Å². The number of ether oxygens (including phenoxy) is 1. The van der Waals surface area contributed by atoms with Crippen molar-refractivity contribution in [3.8, 4) is 0 Å². The Hall–Kier alpha value is 0.0748. The van der Waals surface area contributed by atoms with Crippen LogP contribution in [-0.4, -0.2) is 72.6 Å². The largest absolute Gasteiger partial charge is 0.398 e. The van der Waals surface area contributed by atoms with Crippen molar-refractivity contribution >= 4 is 23.5 Å². The highest BCUT2D eigenvalue weighted by atomic mass is 16.5. The highest BCUT2D eigenvalue weighted by Gasteiger charge is 2.25. The van der Waals surface area contributed by atoms with Crippen LogP contribution in [0.4, 0.5) is 0 Å². The van der Waals surface area contributed by atoms with Gasteiger partial charge in [0.1, 0.15) is 0 Å². The van der Waals surface area contributed by atoms with Crippen molar-refractivity contribution in [1.29, 1.82) is 0 Å². The molecule has 0 amide bonds. The third kappa shape index (κ3) is 6.61. The second-order valence-corrected chi connectivity index (χ2v) is 4.00. The second kappa shape index (κ2) is 7.41. The third-order valence-electron chi connectivity index (χ3n) is 2.37. The summed E-state index contributed by atoms with van der Waals surface area (Å²) in [6.07, 6.45) is -0.0993. The zero-order valence-corrected chi connectivity index (χ0v) is 10.9. The Labute approximate surface area is 104 Å². The topological polar surface area (TPSA) is 24.5 Å². The number of piperazine rings is 1. The first-order valence-corrected chi connectivity index (χ1v) is 5.85. The Bertz CT molecular complexity index is 187. The number of rotatable bonds is 3. The van der Waals surface area contributed by atoms with Crippen LogP contribution in [0.1, 0.15) is 20.8 Å². The summed E-state index contributed by atoms with van der Waals surface area (Å²) in [5.41, 5.74) is 0. The molecule has 1 rings (SSSR count). The lowest BCUT2D eigenvalue weighted by Gasteiger charge is -2.37. The summed E-state index contributed by atoms with van der Waals surface area (Å²) >= 11 is 0. The van der Waals surface area contributed by atoms with E-state index in [4.69, 9.17) is 28.3 Å². The highest BCUT2D eigenvalue weighted by Crippen LogP contribution is 2.08. The van der Waals surface area contributed by atoms with Crippen LogP contribution in [-0.2, 0) is 4.74 Å². The van der Waals surface area contributed by atoms with Gasteiger partial charge in [0.25, 0.3) is 0 Å². The van der Waals surface area contributed by atoms with E-state index in [2.05, 4.69) is 17.3 Å². The fourth-order valence-electron chi connectivity index (χ4n) is 1.65. The van der Waals surface area contributed by atoms with Gasteiger partial charge in [-0.05, 0) is 19.3 Å². The van der Waals surface area contributed by atoms with E-state index in [1.54, 1.807) is 0 Å². The number of nitrogens with zero attached hydrogens (tertiary/aromatic N) is 1. The van der Waals surface area contributed by atoms with Gasteiger partial charge in [-0.15, -0.1) is 0 Å². The molecule has 0 aliphatic carbocycles. The molecule has 1 N–H and O–H groups in total. The minimum atomic E-state index is -1.54. The van der Waals surface area contributed by atoms with E-state index >= 15 is 0 Å². The van der Waals surface area contributed by atoms with Gasteiger partial charge >= 0.3 is 0 Å². The maximum absolute atomic E-state index is 5.37. The zero-order valence-electron chi connectivity index (χ0n) is 10.9. The summed E-state index contributed by atoms with van der Waals surface area (Å²) in [5, 5.41) is 1.79. The van der Waals surface area contributed by atoms with E-state index in [0.717, 1.165) is 19.6 Å². The number of hydrogen-bond donors (Lipinski definition) is 1. The molecule has 0 aromatic rings. The van der Waals surface area contributed by atoms with E-state index in [0.29, 0.717) is 0 Å². The van der Waals surface area contributed by atoms with Gasteiger partial charge in [-0.2, -0.15) is 0 Å². The quantitative estimate of drug-likeness (QED) is 0.642. The van der Waals surface area contributed by atoms with Crippen molar-refractivity contribution in [1.82, 2.24) is 10.2 Å². The highest BCUT2D eigenvalue weighted by molar-refractivity contribution is 6.58. The third-order valence-corrected chi connectivity index (χ3v) is 2.37. The molecule has 1 aliphatic heterocycles. The molecule has 0 aromatic carbocycles. The molecule has 0 saturated carbocycles. The standard InChI is InChI=1S/C8H15B3N2O.C2H6/c1-6(14-8(9,10)11)7-5-13(2)4-3-12-7;1-2/h6-7,12H,3-5H2,1-2H3;1-2H3. The normalized spacial score (nSPS) is 24.4. The summed E-state index contributed by atoms with van der Waals surface area (Å²) in [6.45, 7) is 8.82. The lowest BCUT2D eigenvalue weighted by molar-refractivity contribution is 0.0163. The first-order chi connectivity index (χ1) is 7.38. The molecule has 0 spiro atoms. The van der Waals surface area contributed by atoms with Gasteiger partial charge in [0.15, 0.2) is 0 Å². The SMILES string of the molecule is CC.[B]C([B])([B])OC(C)C1CN(C)CCN1. The summed E-state index contributed by atoms with van der Waals surface area (Å²) in [5.74, 6) is 0. The Kier molecular flexibility index (Phi) is 7.44. The van der Waals surface area contributed by atoms with Gasteiger partial charge in [-0.3, -0.25) is 0 Å². The Morgan fingerprint density at radius 2 is 1.94 bits per heavy atom. The lowest BCUT2D eigenvalue weighted by atomic mass is 9.52. The molecule has 1 heterocycles. The predicted octanol–water partition coefficient (Wildman–Crippen LogP) is -0.562. The summed E-state index contributed by atoms with van der Waals surface area (Å²) in [6, 6.07) is 0.226. The van der Waals surface area contributed by atoms with Crippen molar-refractivity contribution in [3.63, 3.8) is 0 Å². The van der Waals surface area contributed by atoms with Crippen molar-refractivity contribution < 1.29 is 4.74 Å². The first-order valence-electron chi connectivity index (χ1n) is 5.85. The Morgan fingerprint density at radius 3 is 2.38 bits per heavy atom. The average molecular weight is 218 g/mol. The van der Waals surface area contributed by atoms with Crippen LogP contribution in [0.3, 0.4) is 0 Å². The summed E-state index contributed by atoms with van der Waals surface area (Å²) in [4.78, 5) is 2.23. The molecule has 86 valence electrons. The molecule has 1 aliphatic rings. The molecule has 1 fully saturated rings. The van der Waals surface area contributed by atoms with E-state index in [9.17, 15) is 0 Å². The molecule has 0 bridgehead atoms. The van der Waals surface area contributed by atoms with Gasteiger partial charge in [0, 0.05) is 25.7 Å². The molecule has 0 aromatic heterocycles. The van der Waals surface area contributed by atoms with E-state index in [-0.39, 0.29) is 12.1 Å². The van der Waals surface area contributed by atoms with Gasteiger partial charge in [-0.25, -0.2) is 0 Å². The van der Waals surface area contributed by atoms with Crippen LogP contribution >= 0.6 is 0 Å². The van der Waals surface area contributed by atoms with Crippen LogP contribution in [0, 0.1) is 0 Å². The number of hydrogen-bond acceptors (Lipinski definition) is 3. The monoisotopic (exact) mass is 218 g/mol. The average Bonchev–Trinajstić information content (AvgIpc) is 2.18. The maximum Gasteiger partial charge on any atom is 0.0862 e. The smallest absolute Gasteiger partial charge is 0.0862 e. The van der Waals surface area contributed by atoms with Crippen LogP contribution in [0.25, 0.3) is 0 Å². The van der Waals surface area contributed by atoms with Gasteiger partial charge in [0.05, 0.1) is 29.6 Å².